The van der Waals surface area contributed by atoms with E-state index in [2.05, 4.69) is 5.32 Å². The molecular weight excluding hydrogens is 360 g/mol. The van der Waals surface area contributed by atoms with E-state index in [0.29, 0.717) is 6.42 Å². The van der Waals surface area contributed by atoms with Gasteiger partial charge in [0.15, 0.2) is 9.84 Å². The molecule has 0 heterocycles. The molecular formula is C18H21ClN2O3S. The zero-order valence-electron chi connectivity index (χ0n) is 13.5. The number of benzene rings is 2. The number of amides is 1. The summed E-state index contributed by atoms with van der Waals surface area (Å²) in [6, 6.07) is 17.2. The molecule has 0 aliphatic carbocycles. The van der Waals surface area contributed by atoms with Gasteiger partial charge in [0, 0.05) is 5.41 Å². The van der Waals surface area contributed by atoms with Gasteiger partial charge in [0.1, 0.15) is 0 Å². The lowest BCUT2D eigenvalue weighted by molar-refractivity contribution is -0.120. The molecule has 2 aromatic carbocycles. The van der Waals surface area contributed by atoms with Gasteiger partial charge in [-0.15, -0.1) is 12.4 Å². The summed E-state index contributed by atoms with van der Waals surface area (Å²) in [5.41, 5.74) is 6.32. The zero-order valence-corrected chi connectivity index (χ0v) is 15.2. The molecule has 0 aromatic heterocycles. The van der Waals surface area contributed by atoms with Gasteiger partial charge >= 0.3 is 0 Å². The number of hydrogen-bond donors (Lipinski definition) is 2. The molecule has 0 spiro atoms. The van der Waals surface area contributed by atoms with Crippen molar-refractivity contribution in [2.75, 3.05) is 6.54 Å². The van der Waals surface area contributed by atoms with Crippen molar-refractivity contribution in [3.8, 4) is 0 Å². The van der Waals surface area contributed by atoms with Gasteiger partial charge in [-0.25, -0.2) is 8.42 Å². The molecule has 1 amide bonds. The van der Waals surface area contributed by atoms with Gasteiger partial charge in [-0.3, -0.25) is 4.79 Å². The highest BCUT2D eigenvalue weighted by Gasteiger charge is 2.13. The van der Waals surface area contributed by atoms with Crippen LogP contribution in [0.1, 0.15) is 5.56 Å². The number of carbonyl (C=O) groups is 1. The Bertz CT molecular complexity index is 794. The van der Waals surface area contributed by atoms with E-state index in [1.165, 1.54) is 18.2 Å². The molecule has 1 atom stereocenters. The summed E-state index contributed by atoms with van der Waals surface area (Å²) in [5.74, 6) is -0.335. The van der Waals surface area contributed by atoms with Crippen LogP contribution >= 0.6 is 12.4 Å². The van der Waals surface area contributed by atoms with Crippen molar-refractivity contribution < 1.29 is 13.2 Å². The first-order valence-corrected chi connectivity index (χ1v) is 9.07. The Morgan fingerprint density at radius 1 is 1.04 bits per heavy atom. The van der Waals surface area contributed by atoms with Crippen LogP contribution in [0.25, 0.3) is 0 Å². The quantitative estimate of drug-likeness (QED) is 0.769. The van der Waals surface area contributed by atoms with Crippen LogP contribution in [0.4, 0.5) is 0 Å². The largest absolute Gasteiger partial charge is 0.348 e. The fraction of sp³-hybridized carbons (Fsp3) is 0.167. The Labute approximate surface area is 154 Å². The minimum Gasteiger partial charge on any atom is -0.348 e. The molecule has 0 unspecified atom stereocenters. The maximum atomic E-state index is 12.3. The van der Waals surface area contributed by atoms with Gasteiger partial charge in [-0.1, -0.05) is 54.6 Å². The zero-order chi connectivity index (χ0) is 17.4. The van der Waals surface area contributed by atoms with E-state index >= 15 is 0 Å². The second-order valence-electron chi connectivity index (χ2n) is 5.25. The summed E-state index contributed by atoms with van der Waals surface area (Å²) >= 11 is 0. The Kier molecular flexibility index (Phi) is 8.34. The van der Waals surface area contributed by atoms with Crippen LogP contribution in [-0.2, 0) is 21.1 Å². The molecule has 0 saturated heterocycles. The van der Waals surface area contributed by atoms with Crippen molar-refractivity contribution in [3.05, 3.63) is 77.7 Å². The molecule has 0 bridgehead atoms. The van der Waals surface area contributed by atoms with Crippen molar-refractivity contribution in [2.24, 2.45) is 5.73 Å². The lowest BCUT2D eigenvalue weighted by Gasteiger charge is -2.15. The third-order valence-corrected chi connectivity index (χ3v) is 4.84. The fourth-order valence-corrected chi connectivity index (χ4v) is 3.28. The minimum absolute atomic E-state index is 0. The molecule has 5 nitrogen and oxygen atoms in total. The van der Waals surface area contributed by atoms with Gasteiger partial charge in [-0.2, -0.15) is 0 Å². The standard InChI is InChI=1S/C18H20N2O3S.ClH/c19-14-18(21)20-16(13-15-7-3-1-4-8-15)11-12-24(22,23)17-9-5-2-6-10-17;/h1-12,16H,13-14,19H2,(H,20,21);1H/t16-;/m1./s1. The second-order valence-corrected chi connectivity index (χ2v) is 7.09. The summed E-state index contributed by atoms with van der Waals surface area (Å²) in [4.78, 5) is 11.8. The van der Waals surface area contributed by atoms with Crippen LogP contribution in [-0.4, -0.2) is 26.9 Å². The van der Waals surface area contributed by atoms with E-state index in [4.69, 9.17) is 5.73 Å². The Morgan fingerprint density at radius 3 is 2.16 bits per heavy atom. The van der Waals surface area contributed by atoms with Crippen LogP contribution < -0.4 is 11.1 Å². The van der Waals surface area contributed by atoms with Crippen molar-refractivity contribution in [1.29, 1.82) is 0 Å². The first kappa shape index (κ1) is 20.9. The van der Waals surface area contributed by atoms with Crippen molar-refractivity contribution in [1.82, 2.24) is 5.32 Å². The SMILES string of the molecule is Cl.NCC(=O)N[C@H](C=CS(=O)(=O)c1ccccc1)Cc1ccccc1. The molecule has 25 heavy (non-hydrogen) atoms. The number of rotatable bonds is 7. The average molecular weight is 381 g/mol. The Balaban J connectivity index is 0.00000312. The lowest BCUT2D eigenvalue weighted by atomic mass is 10.1. The summed E-state index contributed by atoms with van der Waals surface area (Å²) in [6.45, 7) is -0.148. The van der Waals surface area contributed by atoms with Gasteiger partial charge < -0.3 is 11.1 Å². The van der Waals surface area contributed by atoms with E-state index < -0.39 is 15.9 Å². The molecule has 0 fully saturated rings. The minimum atomic E-state index is -3.55. The monoisotopic (exact) mass is 380 g/mol. The summed E-state index contributed by atoms with van der Waals surface area (Å²) in [7, 11) is -3.55. The predicted octanol–water partition coefficient (Wildman–Crippen LogP) is 2.08. The highest BCUT2D eigenvalue weighted by molar-refractivity contribution is 7.94. The van der Waals surface area contributed by atoms with Crippen LogP contribution in [0.15, 0.2) is 77.0 Å². The third-order valence-electron chi connectivity index (χ3n) is 3.39. The second kappa shape index (κ2) is 9.98. The summed E-state index contributed by atoms with van der Waals surface area (Å²) in [5, 5.41) is 3.86. The first-order chi connectivity index (χ1) is 11.5. The maximum absolute atomic E-state index is 12.3. The number of nitrogens with one attached hydrogen (secondary N) is 1. The normalized spacial score (nSPS) is 12.4. The predicted molar refractivity (Wildman–Crippen MR) is 101 cm³/mol. The molecule has 7 heteroatoms. The maximum Gasteiger partial charge on any atom is 0.234 e. The smallest absolute Gasteiger partial charge is 0.234 e. The van der Waals surface area contributed by atoms with E-state index in [0.717, 1.165) is 11.0 Å². The van der Waals surface area contributed by atoms with Gasteiger partial charge in [0.05, 0.1) is 17.5 Å². The Hall–Kier alpha value is -2.15. The van der Waals surface area contributed by atoms with Crippen LogP contribution in [0.3, 0.4) is 0 Å². The van der Waals surface area contributed by atoms with Crippen LogP contribution in [0.2, 0.25) is 0 Å². The number of hydrogen-bond acceptors (Lipinski definition) is 4. The molecule has 0 aliphatic rings. The van der Waals surface area contributed by atoms with Crippen molar-refractivity contribution in [2.45, 2.75) is 17.4 Å². The van der Waals surface area contributed by atoms with E-state index in [1.807, 2.05) is 30.3 Å². The average Bonchev–Trinajstić information content (AvgIpc) is 2.61. The van der Waals surface area contributed by atoms with E-state index in [9.17, 15) is 13.2 Å². The van der Waals surface area contributed by atoms with Crippen molar-refractivity contribution >= 4 is 28.2 Å². The molecule has 0 aliphatic heterocycles. The highest BCUT2D eigenvalue weighted by atomic mass is 35.5. The topological polar surface area (TPSA) is 89.3 Å². The van der Waals surface area contributed by atoms with Gasteiger partial charge in [0.25, 0.3) is 0 Å². The molecule has 3 N–H and O–H groups in total. The fourth-order valence-electron chi connectivity index (χ4n) is 2.19. The molecule has 2 rings (SSSR count). The molecule has 0 saturated carbocycles. The highest BCUT2D eigenvalue weighted by Crippen LogP contribution is 2.12. The summed E-state index contributed by atoms with van der Waals surface area (Å²) in [6.07, 6.45) is 1.97. The molecule has 2 aromatic rings. The lowest BCUT2D eigenvalue weighted by Crippen LogP contribution is -2.39. The van der Waals surface area contributed by atoms with Gasteiger partial charge in [0.2, 0.25) is 5.91 Å². The molecule has 0 radical (unpaired) electrons. The third kappa shape index (κ3) is 6.70. The number of halogens is 1. The molecule has 134 valence electrons. The summed E-state index contributed by atoms with van der Waals surface area (Å²) < 4.78 is 24.6. The van der Waals surface area contributed by atoms with Crippen LogP contribution in [0, 0.1) is 0 Å². The Morgan fingerprint density at radius 2 is 1.60 bits per heavy atom. The van der Waals surface area contributed by atoms with Crippen molar-refractivity contribution in [3.63, 3.8) is 0 Å². The first-order valence-electron chi connectivity index (χ1n) is 7.53. The number of sulfone groups is 1. The van der Waals surface area contributed by atoms with Gasteiger partial charge in [-0.05, 0) is 24.1 Å². The van der Waals surface area contributed by atoms with E-state index in [-0.39, 0.29) is 29.8 Å². The number of carbonyl (C=O) groups excluding carboxylic acids is 1. The van der Waals surface area contributed by atoms with Crippen LogP contribution in [0.5, 0.6) is 0 Å². The van der Waals surface area contributed by atoms with E-state index in [1.54, 1.807) is 18.2 Å². The number of nitrogens with two attached hydrogens (primary N) is 1.